The lowest BCUT2D eigenvalue weighted by molar-refractivity contribution is -0.674. The number of hydrogen-bond donors (Lipinski definition) is 3. The molecule has 5 nitrogen and oxygen atoms in total. The van der Waals surface area contributed by atoms with E-state index in [0.29, 0.717) is 5.96 Å². The molecule has 21 heavy (non-hydrogen) atoms. The second-order valence-electron chi connectivity index (χ2n) is 4.93. The first-order valence-corrected chi connectivity index (χ1v) is 6.60. The number of nitrogens with two attached hydrogens (primary N) is 1. The standard InChI is InChI=1S/C15H12FN5/c16-10-5-3-4-9(8-10)13-19-14(17)20-15-18-11-6-1-2-7-12(11)21(13)15/h1-8,13H,(H3,17,18,19,20)/p+1/t13-/m0/s1. The van der Waals surface area contributed by atoms with E-state index in [9.17, 15) is 4.39 Å². The van der Waals surface area contributed by atoms with Crippen LogP contribution < -0.4 is 15.6 Å². The SMILES string of the molecule is NC1=N[C@H](c2cccc(F)c2)[n+]2c([nH]c3ccccc32)N1. The van der Waals surface area contributed by atoms with Crippen LogP contribution in [0.1, 0.15) is 11.7 Å². The summed E-state index contributed by atoms with van der Waals surface area (Å²) in [5.74, 6) is 0.746. The minimum Gasteiger partial charge on any atom is -0.357 e. The summed E-state index contributed by atoms with van der Waals surface area (Å²) >= 11 is 0. The van der Waals surface area contributed by atoms with Crippen molar-refractivity contribution >= 4 is 22.9 Å². The third-order valence-electron chi connectivity index (χ3n) is 3.56. The van der Waals surface area contributed by atoms with Gasteiger partial charge >= 0.3 is 5.95 Å². The third-order valence-corrected chi connectivity index (χ3v) is 3.56. The zero-order valence-electron chi connectivity index (χ0n) is 11.0. The molecule has 1 atom stereocenters. The molecule has 0 saturated carbocycles. The monoisotopic (exact) mass is 282 g/mol. The van der Waals surface area contributed by atoms with Gasteiger partial charge in [0.1, 0.15) is 16.9 Å². The minimum atomic E-state index is -0.395. The number of rotatable bonds is 1. The molecule has 1 aromatic heterocycles. The van der Waals surface area contributed by atoms with Gasteiger partial charge in [0.05, 0.1) is 0 Å². The highest BCUT2D eigenvalue weighted by molar-refractivity contribution is 5.92. The highest BCUT2D eigenvalue weighted by Gasteiger charge is 2.31. The maximum Gasteiger partial charge on any atom is 0.365 e. The van der Waals surface area contributed by atoms with E-state index in [2.05, 4.69) is 15.3 Å². The van der Waals surface area contributed by atoms with Gasteiger partial charge < -0.3 is 5.73 Å². The number of hydrogen-bond acceptors (Lipinski definition) is 3. The van der Waals surface area contributed by atoms with E-state index in [0.717, 1.165) is 22.5 Å². The molecule has 4 rings (SSSR count). The average molecular weight is 282 g/mol. The molecule has 6 heteroatoms. The first kappa shape index (κ1) is 11.9. The van der Waals surface area contributed by atoms with Crippen molar-refractivity contribution in [3.63, 3.8) is 0 Å². The van der Waals surface area contributed by atoms with E-state index in [-0.39, 0.29) is 5.82 Å². The molecule has 0 saturated heterocycles. The molecule has 0 fully saturated rings. The van der Waals surface area contributed by atoms with Gasteiger partial charge in [-0.25, -0.2) is 19.3 Å². The van der Waals surface area contributed by atoms with Crippen molar-refractivity contribution < 1.29 is 8.96 Å². The van der Waals surface area contributed by atoms with Crippen LogP contribution in [0.3, 0.4) is 0 Å². The molecule has 0 amide bonds. The van der Waals surface area contributed by atoms with E-state index < -0.39 is 6.17 Å². The number of anilines is 1. The second-order valence-corrected chi connectivity index (χ2v) is 4.93. The van der Waals surface area contributed by atoms with Gasteiger partial charge in [-0.1, -0.05) is 24.3 Å². The molecule has 4 N–H and O–H groups in total. The Bertz CT molecular complexity index is 867. The van der Waals surface area contributed by atoms with Gasteiger partial charge in [-0.3, -0.25) is 0 Å². The summed E-state index contributed by atoms with van der Waals surface area (Å²) in [4.78, 5) is 7.67. The molecule has 1 aliphatic rings. The molecule has 2 heterocycles. The van der Waals surface area contributed by atoms with Crippen molar-refractivity contribution in [3.05, 3.63) is 59.9 Å². The van der Waals surface area contributed by atoms with Gasteiger partial charge in [-0.15, -0.1) is 0 Å². The van der Waals surface area contributed by atoms with Crippen LogP contribution in [0.25, 0.3) is 11.0 Å². The van der Waals surface area contributed by atoms with Gasteiger partial charge in [-0.05, 0) is 24.3 Å². The highest BCUT2D eigenvalue weighted by atomic mass is 19.1. The number of aliphatic imine (C=N–C) groups is 1. The van der Waals surface area contributed by atoms with Crippen LogP contribution >= 0.6 is 0 Å². The number of benzene rings is 2. The number of aromatic amines is 1. The lowest BCUT2D eigenvalue weighted by atomic mass is 10.1. The largest absolute Gasteiger partial charge is 0.365 e. The number of halogens is 1. The van der Waals surface area contributed by atoms with Gasteiger partial charge in [-0.2, -0.15) is 4.99 Å². The molecular weight excluding hydrogens is 269 g/mol. The minimum absolute atomic E-state index is 0.290. The van der Waals surface area contributed by atoms with Crippen LogP contribution in [-0.4, -0.2) is 10.9 Å². The summed E-state index contributed by atoms with van der Waals surface area (Å²) in [7, 11) is 0. The molecular formula is C15H13FN5+. The van der Waals surface area contributed by atoms with E-state index in [4.69, 9.17) is 5.73 Å². The Morgan fingerprint density at radius 2 is 2.00 bits per heavy atom. The van der Waals surface area contributed by atoms with Gasteiger partial charge in [0.2, 0.25) is 6.17 Å². The Hall–Kier alpha value is -2.89. The van der Waals surface area contributed by atoms with Gasteiger partial charge in [0.15, 0.2) is 0 Å². The third kappa shape index (κ3) is 1.84. The second kappa shape index (κ2) is 4.31. The summed E-state index contributed by atoms with van der Waals surface area (Å²) in [5, 5.41) is 3.01. The maximum atomic E-state index is 13.5. The summed E-state index contributed by atoms with van der Waals surface area (Å²) in [6.45, 7) is 0. The Kier molecular flexibility index (Phi) is 2.44. The molecule has 0 spiro atoms. The number of nitrogens with one attached hydrogen (secondary N) is 2. The Balaban J connectivity index is 1.97. The molecule has 1 aliphatic heterocycles. The quantitative estimate of drug-likeness (QED) is 0.596. The lowest BCUT2D eigenvalue weighted by Gasteiger charge is -2.18. The van der Waals surface area contributed by atoms with Crippen LogP contribution in [0.15, 0.2) is 53.5 Å². The van der Waals surface area contributed by atoms with E-state index in [1.54, 1.807) is 6.07 Å². The van der Waals surface area contributed by atoms with Crippen molar-refractivity contribution in [1.82, 2.24) is 4.98 Å². The lowest BCUT2D eigenvalue weighted by Crippen LogP contribution is -2.48. The van der Waals surface area contributed by atoms with Gasteiger partial charge in [0.25, 0.3) is 5.96 Å². The summed E-state index contributed by atoms with van der Waals surface area (Å²) in [6, 6.07) is 14.3. The Morgan fingerprint density at radius 1 is 1.14 bits per heavy atom. The number of guanidine groups is 1. The summed E-state index contributed by atoms with van der Waals surface area (Å²) < 4.78 is 15.5. The van der Waals surface area contributed by atoms with Crippen LogP contribution in [0.4, 0.5) is 10.3 Å². The fourth-order valence-electron chi connectivity index (χ4n) is 2.68. The zero-order valence-corrected chi connectivity index (χ0v) is 11.0. The zero-order chi connectivity index (χ0) is 14.4. The molecule has 0 unspecified atom stereocenters. The normalized spacial score (nSPS) is 17.2. The fraction of sp³-hybridized carbons (Fsp3) is 0.0667. The number of H-pyrrole nitrogens is 1. The number of para-hydroxylation sites is 2. The van der Waals surface area contributed by atoms with E-state index in [1.165, 1.54) is 12.1 Å². The van der Waals surface area contributed by atoms with E-state index >= 15 is 0 Å². The maximum absolute atomic E-state index is 13.5. The van der Waals surface area contributed by atoms with Crippen molar-refractivity contribution in [1.29, 1.82) is 0 Å². The highest BCUT2D eigenvalue weighted by Crippen LogP contribution is 2.24. The van der Waals surface area contributed by atoms with Crippen molar-refractivity contribution in [2.45, 2.75) is 6.17 Å². The van der Waals surface area contributed by atoms with Crippen LogP contribution in [0.5, 0.6) is 0 Å². The predicted octanol–water partition coefficient (Wildman–Crippen LogP) is 1.88. The van der Waals surface area contributed by atoms with Crippen LogP contribution in [0.2, 0.25) is 0 Å². The number of imidazole rings is 1. The average Bonchev–Trinajstić information content (AvgIpc) is 2.84. The number of aromatic nitrogens is 2. The van der Waals surface area contributed by atoms with Crippen molar-refractivity contribution in [3.8, 4) is 0 Å². The summed E-state index contributed by atoms with van der Waals surface area (Å²) in [6.07, 6.45) is -0.395. The predicted molar refractivity (Wildman–Crippen MR) is 78.3 cm³/mol. The summed E-state index contributed by atoms with van der Waals surface area (Å²) in [5.41, 5.74) is 8.54. The molecule has 3 aromatic rings. The fourth-order valence-corrected chi connectivity index (χ4v) is 2.68. The first-order valence-electron chi connectivity index (χ1n) is 6.60. The first-order chi connectivity index (χ1) is 10.2. The molecule has 0 bridgehead atoms. The Morgan fingerprint density at radius 3 is 2.86 bits per heavy atom. The van der Waals surface area contributed by atoms with Crippen LogP contribution in [-0.2, 0) is 0 Å². The molecule has 0 aliphatic carbocycles. The molecule has 104 valence electrons. The smallest absolute Gasteiger partial charge is 0.357 e. The topological polar surface area (TPSA) is 70.1 Å². The van der Waals surface area contributed by atoms with E-state index in [1.807, 2.05) is 34.9 Å². The van der Waals surface area contributed by atoms with Crippen LogP contribution in [0, 0.1) is 5.82 Å². The Labute approximate surface area is 119 Å². The number of nitrogens with zero attached hydrogens (tertiary/aromatic N) is 2. The van der Waals surface area contributed by atoms with Crippen molar-refractivity contribution in [2.75, 3.05) is 5.32 Å². The van der Waals surface area contributed by atoms with Crippen molar-refractivity contribution in [2.24, 2.45) is 10.7 Å². The molecule has 2 aromatic carbocycles. The number of fused-ring (bicyclic) bond motifs is 3. The molecule has 0 radical (unpaired) electrons. The van der Waals surface area contributed by atoms with Gasteiger partial charge in [0, 0.05) is 5.56 Å².